The van der Waals surface area contributed by atoms with E-state index < -0.39 is 10.0 Å². The van der Waals surface area contributed by atoms with Crippen LogP contribution in [0.4, 0.5) is 5.69 Å². The molecule has 5 nitrogen and oxygen atoms in total. The molecule has 0 bridgehead atoms. The molecule has 0 saturated carbocycles. The van der Waals surface area contributed by atoms with Crippen LogP contribution < -0.4 is 4.72 Å². The normalized spacial score (nSPS) is 11.6. The lowest BCUT2D eigenvalue weighted by Crippen LogP contribution is -2.13. The molecule has 1 N–H and O–H groups in total. The quantitative estimate of drug-likeness (QED) is 0.494. The van der Waals surface area contributed by atoms with Gasteiger partial charge < -0.3 is 4.42 Å². The van der Waals surface area contributed by atoms with Crippen LogP contribution in [-0.2, 0) is 10.0 Å². The molecule has 0 fully saturated rings. The molecule has 7 heteroatoms. The van der Waals surface area contributed by atoms with E-state index in [-0.39, 0.29) is 16.4 Å². The molecule has 1 aromatic heterocycles. The number of ketones is 1. The SMILES string of the molecule is O=C(/C=C/c1ccco1)c1cccc(NS(=O)(=O)c2ccc(Cl)cc2)c1. The van der Waals surface area contributed by atoms with Gasteiger partial charge in [-0.15, -0.1) is 0 Å². The summed E-state index contributed by atoms with van der Waals surface area (Å²) in [6.45, 7) is 0. The molecule has 26 heavy (non-hydrogen) atoms. The highest BCUT2D eigenvalue weighted by molar-refractivity contribution is 7.92. The Labute approximate surface area is 156 Å². The summed E-state index contributed by atoms with van der Waals surface area (Å²) in [4.78, 5) is 12.3. The molecule has 2 aromatic carbocycles. The van der Waals surface area contributed by atoms with Gasteiger partial charge in [-0.1, -0.05) is 23.7 Å². The fraction of sp³-hybridized carbons (Fsp3) is 0. The van der Waals surface area contributed by atoms with E-state index in [1.54, 1.807) is 36.4 Å². The third-order valence-electron chi connectivity index (χ3n) is 3.47. The first-order chi connectivity index (χ1) is 12.4. The largest absolute Gasteiger partial charge is 0.465 e. The second-order valence-electron chi connectivity index (χ2n) is 5.35. The van der Waals surface area contributed by atoms with Crippen LogP contribution >= 0.6 is 11.6 Å². The fourth-order valence-corrected chi connectivity index (χ4v) is 3.38. The summed E-state index contributed by atoms with van der Waals surface area (Å²) in [7, 11) is -3.77. The number of furan rings is 1. The molecule has 0 spiro atoms. The van der Waals surface area contributed by atoms with Gasteiger partial charge in [0.2, 0.25) is 0 Å². The van der Waals surface area contributed by atoms with Crippen LogP contribution in [0.2, 0.25) is 5.02 Å². The molecule has 0 radical (unpaired) electrons. The Morgan fingerprint density at radius 2 is 1.81 bits per heavy atom. The van der Waals surface area contributed by atoms with E-state index in [0.29, 0.717) is 16.3 Å². The van der Waals surface area contributed by atoms with Crippen LogP contribution in [-0.4, -0.2) is 14.2 Å². The summed E-state index contributed by atoms with van der Waals surface area (Å²) in [5, 5.41) is 0.444. The third-order valence-corrected chi connectivity index (χ3v) is 5.11. The number of nitrogens with one attached hydrogen (secondary N) is 1. The standard InChI is InChI=1S/C19H14ClNO4S/c20-15-6-9-18(10-7-15)26(23,24)21-16-4-1-3-14(13-16)19(22)11-8-17-5-2-12-25-17/h1-13,21H/b11-8+. The number of hydrogen-bond acceptors (Lipinski definition) is 4. The lowest BCUT2D eigenvalue weighted by Gasteiger charge is -2.09. The zero-order chi connectivity index (χ0) is 18.6. The zero-order valence-electron chi connectivity index (χ0n) is 13.4. The first kappa shape index (κ1) is 18.0. The number of hydrogen-bond donors (Lipinski definition) is 1. The molecule has 0 saturated heterocycles. The van der Waals surface area contributed by atoms with E-state index in [4.69, 9.17) is 16.0 Å². The molecule has 0 aliphatic heterocycles. The molecule has 0 unspecified atom stereocenters. The highest BCUT2D eigenvalue weighted by atomic mass is 35.5. The van der Waals surface area contributed by atoms with Gasteiger partial charge in [0.05, 0.1) is 11.2 Å². The number of sulfonamides is 1. The molecule has 0 aliphatic rings. The minimum Gasteiger partial charge on any atom is -0.465 e. The van der Waals surface area contributed by atoms with Crippen molar-refractivity contribution in [3.63, 3.8) is 0 Å². The molecule has 0 aliphatic carbocycles. The lowest BCUT2D eigenvalue weighted by atomic mass is 10.1. The predicted molar refractivity (Wildman–Crippen MR) is 101 cm³/mol. The van der Waals surface area contributed by atoms with Crippen molar-refractivity contribution in [3.05, 3.63) is 89.3 Å². The van der Waals surface area contributed by atoms with Crippen LogP contribution in [0.15, 0.2) is 82.3 Å². The zero-order valence-corrected chi connectivity index (χ0v) is 15.0. The average Bonchev–Trinajstić information content (AvgIpc) is 3.13. The summed E-state index contributed by atoms with van der Waals surface area (Å²) in [6.07, 6.45) is 4.43. The summed E-state index contributed by atoms with van der Waals surface area (Å²) in [6, 6.07) is 15.5. The van der Waals surface area contributed by atoms with E-state index in [1.807, 2.05) is 0 Å². The van der Waals surface area contributed by atoms with Gasteiger partial charge in [0.25, 0.3) is 10.0 Å². The van der Waals surface area contributed by atoms with Gasteiger partial charge in [-0.25, -0.2) is 8.42 Å². The van der Waals surface area contributed by atoms with Gasteiger partial charge in [-0.3, -0.25) is 9.52 Å². The van der Waals surface area contributed by atoms with Gasteiger partial charge in [0.15, 0.2) is 5.78 Å². The Kier molecular flexibility index (Phi) is 5.25. The third kappa shape index (κ3) is 4.41. The number of rotatable bonds is 6. The van der Waals surface area contributed by atoms with Gasteiger partial charge in [0, 0.05) is 16.3 Å². The van der Waals surface area contributed by atoms with Crippen molar-refractivity contribution in [2.24, 2.45) is 0 Å². The predicted octanol–water partition coefficient (Wildman–Crippen LogP) is 4.63. The van der Waals surface area contributed by atoms with E-state index in [1.165, 1.54) is 42.7 Å². The van der Waals surface area contributed by atoms with Crippen molar-refractivity contribution in [2.45, 2.75) is 4.90 Å². The van der Waals surface area contributed by atoms with E-state index in [9.17, 15) is 13.2 Å². The van der Waals surface area contributed by atoms with Crippen molar-refractivity contribution < 1.29 is 17.6 Å². The van der Waals surface area contributed by atoms with Crippen molar-refractivity contribution in [1.82, 2.24) is 0 Å². The molecule has 3 aromatic rings. The summed E-state index contributed by atoms with van der Waals surface area (Å²) in [5.74, 6) is 0.284. The smallest absolute Gasteiger partial charge is 0.261 e. The van der Waals surface area contributed by atoms with E-state index >= 15 is 0 Å². The Bertz CT molecular complexity index is 1040. The number of carbonyl (C=O) groups excluding carboxylic acids is 1. The van der Waals surface area contributed by atoms with Gasteiger partial charge >= 0.3 is 0 Å². The molecule has 0 atom stereocenters. The van der Waals surface area contributed by atoms with Crippen LogP contribution in [0.1, 0.15) is 16.1 Å². The topological polar surface area (TPSA) is 76.4 Å². The molecule has 3 rings (SSSR count). The first-order valence-electron chi connectivity index (χ1n) is 7.58. The maximum absolute atomic E-state index is 12.4. The second-order valence-corrected chi connectivity index (χ2v) is 7.47. The lowest BCUT2D eigenvalue weighted by molar-refractivity contribution is 0.104. The number of halogens is 1. The van der Waals surface area contributed by atoms with Gasteiger partial charge in [0.1, 0.15) is 5.76 Å². The Morgan fingerprint density at radius 3 is 2.50 bits per heavy atom. The average molecular weight is 388 g/mol. The van der Waals surface area contributed by atoms with Crippen LogP contribution in [0.25, 0.3) is 6.08 Å². The summed E-state index contributed by atoms with van der Waals surface area (Å²) >= 11 is 5.78. The molecular weight excluding hydrogens is 374 g/mol. The second kappa shape index (κ2) is 7.59. The Hall–Kier alpha value is -2.83. The van der Waals surface area contributed by atoms with Gasteiger partial charge in [-0.05, 0) is 60.7 Å². The van der Waals surface area contributed by atoms with Gasteiger partial charge in [-0.2, -0.15) is 0 Å². The monoisotopic (exact) mass is 387 g/mol. The Morgan fingerprint density at radius 1 is 1.04 bits per heavy atom. The highest BCUT2D eigenvalue weighted by Gasteiger charge is 2.14. The van der Waals surface area contributed by atoms with Crippen LogP contribution in [0, 0.1) is 0 Å². The van der Waals surface area contributed by atoms with Crippen molar-refractivity contribution >= 4 is 39.2 Å². The summed E-state index contributed by atoms with van der Waals surface area (Å²) in [5.41, 5.74) is 0.640. The number of carbonyl (C=O) groups is 1. The van der Waals surface area contributed by atoms with Crippen molar-refractivity contribution in [3.8, 4) is 0 Å². The first-order valence-corrected chi connectivity index (χ1v) is 9.44. The highest BCUT2D eigenvalue weighted by Crippen LogP contribution is 2.19. The molecule has 0 amide bonds. The van der Waals surface area contributed by atoms with Crippen LogP contribution in [0.3, 0.4) is 0 Å². The minimum atomic E-state index is -3.77. The minimum absolute atomic E-state index is 0.0799. The van der Waals surface area contributed by atoms with E-state index in [0.717, 1.165) is 0 Å². The van der Waals surface area contributed by atoms with Crippen molar-refractivity contribution in [1.29, 1.82) is 0 Å². The fourth-order valence-electron chi connectivity index (χ4n) is 2.20. The Balaban J connectivity index is 1.78. The molecular formula is C19H14ClNO4S. The number of allylic oxidation sites excluding steroid dienone is 1. The summed E-state index contributed by atoms with van der Waals surface area (Å²) < 4.78 is 32.4. The number of benzene rings is 2. The maximum atomic E-state index is 12.4. The number of anilines is 1. The molecule has 1 heterocycles. The van der Waals surface area contributed by atoms with E-state index in [2.05, 4.69) is 4.72 Å². The van der Waals surface area contributed by atoms with Crippen LogP contribution in [0.5, 0.6) is 0 Å². The van der Waals surface area contributed by atoms with Crippen molar-refractivity contribution in [2.75, 3.05) is 4.72 Å². The maximum Gasteiger partial charge on any atom is 0.261 e. The molecule has 132 valence electrons.